The largest absolute Gasteiger partial charge is 0.344 e. The van der Waals surface area contributed by atoms with Crippen molar-refractivity contribution >= 4 is 38.9 Å². The van der Waals surface area contributed by atoms with Gasteiger partial charge in [-0.1, -0.05) is 17.7 Å². The maximum Gasteiger partial charge on any atom is 0.344 e. The van der Waals surface area contributed by atoms with E-state index in [-0.39, 0.29) is 11.4 Å². The number of aryl methyl sites for hydroxylation is 1. The summed E-state index contributed by atoms with van der Waals surface area (Å²) in [6, 6.07) is 6.11. The van der Waals surface area contributed by atoms with Crippen LogP contribution in [-0.4, -0.2) is 68.1 Å². The van der Waals surface area contributed by atoms with Crippen LogP contribution in [0.3, 0.4) is 0 Å². The predicted octanol–water partition coefficient (Wildman–Crippen LogP) is 3.47. The van der Waals surface area contributed by atoms with Gasteiger partial charge in [0.15, 0.2) is 0 Å². The maximum absolute atomic E-state index is 12.8. The fourth-order valence-electron chi connectivity index (χ4n) is 4.78. The Labute approximate surface area is 189 Å². The number of likely N-dealkylation sites (tertiary alicyclic amines) is 2. The number of benzene rings is 1. The second kappa shape index (κ2) is 8.48. The number of carbonyl (C=O) groups is 1. The fraction of sp³-hybridized carbons (Fsp3) is 0.500. The van der Waals surface area contributed by atoms with Gasteiger partial charge >= 0.3 is 6.03 Å². The van der Waals surface area contributed by atoms with Crippen molar-refractivity contribution in [2.75, 3.05) is 37.2 Å². The molecule has 0 bridgehead atoms. The highest BCUT2D eigenvalue weighted by Gasteiger charge is 2.41. The standard InChI is InChI=1S/C22H30ClN5O2S/c1-17-10-18(12-19(23)11-17)14-26-7-4-22(16-26)5-8-27(9-6-22)21(29)28-15-20(13-24-28)25-31(2,3)30/h10-13,15H,2,4-9,14,16H2,1,3H3,(H,25,30). The fourth-order valence-corrected chi connectivity index (χ4v) is 5.70. The van der Waals surface area contributed by atoms with Crippen molar-refractivity contribution in [3.05, 3.63) is 46.7 Å². The molecule has 1 aromatic carbocycles. The van der Waals surface area contributed by atoms with E-state index in [4.69, 9.17) is 11.6 Å². The highest BCUT2D eigenvalue weighted by Crippen LogP contribution is 2.41. The van der Waals surface area contributed by atoms with Crippen LogP contribution in [0.2, 0.25) is 5.02 Å². The third kappa shape index (κ3) is 5.42. The number of amides is 1. The molecule has 0 radical (unpaired) electrons. The van der Waals surface area contributed by atoms with Crippen molar-refractivity contribution in [1.82, 2.24) is 19.6 Å². The van der Waals surface area contributed by atoms with Gasteiger partial charge in [-0.2, -0.15) is 9.78 Å². The first-order valence-corrected chi connectivity index (χ1v) is 13.0. The molecule has 2 saturated heterocycles. The summed E-state index contributed by atoms with van der Waals surface area (Å²) in [6.07, 6.45) is 7.75. The van der Waals surface area contributed by atoms with Gasteiger partial charge in [0.05, 0.1) is 18.1 Å². The number of anilines is 1. The summed E-state index contributed by atoms with van der Waals surface area (Å²) >= 11 is 6.22. The van der Waals surface area contributed by atoms with Gasteiger partial charge in [0.1, 0.15) is 0 Å². The number of aromatic nitrogens is 2. The molecule has 168 valence electrons. The molecule has 1 N–H and O–H groups in total. The van der Waals surface area contributed by atoms with Crippen LogP contribution in [0.15, 0.2) is 30.6 Å². The first-order valence-electron chi connectivity index (χ1n) is 10.5. The van der Waals surface area contributed by atoms with E-state index in [0.29, 0.717) is 5.69 Å². The lowest BCUT2D eigenvalue weighted by atomic mass is 9.78. The molecule has 9 heteroatoms. The lowest BCUT2D eigenvalue weighted by molar-refractivity contribution is 0.118. The smallest absolute Gasteiger partial charge is 0.323 e. The molecule has 1 aromatic heterocycles. The van der Waals surface area contributed by atoms with Crippen molar-refractivity contribution in [2.24, 2.45) is 5.41 Å². The maximum atomic E-state index is 12.8. The van der Waals surface area contributed by atoms with E-state index in [1.165, 1.54) is 34.7 Å². The Morgan fingerprint density at radius 2 is 1.97 bits per heavy atom. The highest BCUT2D eigenvalue weighted by atomic mass is 35.5. The molecule has 0 aliphatic carbocycles. The lowest BCUT2D eigenvalue weighted by Crippen LogP contribution is -2.45. The van der Waals surface area contributed by atoms with Crippen LogP contribution in [0.5, 0.6) is 0 Å². The van der Waals surface area contributed by atoms with Crippen LogP contribution in [0.4, 0.5) is 10.5 Å². The van der Waals surface area contributed by atoms with Gasteiger partial charge in [-0.15, -0.1) is 0 Å². The monoisotopic (exact) mass is 463 g/mol. The van der Waals surface area contributed by atoms with E-state index >= 15 is 0 Å². The molecule has 7 nitrogen and oxygen atoms in total. The number of halogens is 1. The third-order valence-electron chi connectivity index (χ3n) is 6.23. The number of nitrogens with one attached hydrogen (secondary N) is 1. The number of rotatable bonds is 4. The average Bonchev–Trinajstić information content (AvgIpc) is 3.27. The minimum Gasteiger partial charge on any atom is -0.323 e. The van der Waals surface area contributed by atoms with E-state index in [2.05, 4.69) is 39.6 Å². The Hall–Kier alpha value is -2.03. The van der Waals surface area contributed by atoms with Crippen LogP contribution in [-0.2, 0) is 16.3 Å². The molecule has 2 fully saturated rings. The zero-order valence-corrected chi connectivity index (χ0v) is 19.7. The minimum absolute atomic E-state index is 0.140. The summed E-state index contributed by atoms with van der Waals surface area (Å²) in [4.78, 5) is 17.2. The topological polar surface area (TPSA) is 70.5 Å². The molecule has 1 atom stereocenters. The van der Waals surface area contributed by atoms with Gasteiger partial charge < -0.3 is 9.62 Å². The molecule has 3 heterocycles. The van der Waals surface area contributed by atoms with Gasteiger partial charge in [-0.25, -0.2) is 9.00 Å². The second-order valence-electron chi connectivity index (χ2n) is 9.15. The highest BCUT2D eigenvalue weighted by molar-refractivity contribution is 8.00. The summed E-state index contributed by atoms with van der Waals surface area (Å²) < 4.78 is 15.9. The molecule has 1 amide bonds. The van der Waals surface area contributed by atoms with Crippen molar-refractivity contribution in [2.45, 2.75) is 32.7 Å². The molecular formula is C22H30ClN5O2S. The normalized spacial score (nSPS) is 20.7. The average molecular weight is 464 g/mol. The first-order chi connectivity index (χ1) is 14.6. The molecule has 31 heavy (non-hydrogen) atoms. The Bertz CT molecular complexity index is 1050. The van der Waals surface area contributed by atoms with Crippen molar-refractivity contribution in [3.63, 3.8) is 0 Å². The first kappa shape index (κ1) is 22.2. The third-order valence-corrected chi connectivity index (χ3v) is 7.12. The van der Waals surface area contributed by atoms with Gasteiger partial charge in [-0.05, 0) is 67.3 Å². The number of nitrogens with zero attached hydrogens (tertiary/aromatic N) is 4. The molecule has 0 saturated carbocycles. The van der Waals surface area contributed by atoms with E-state index < -0.39 is 9.71 Å². The number of hydrogen-bond donors (Lipinski definition) is 1. The molecular weight excluding hydrogens is 434 g/mol. The quantitative estimate of drug-likeness (QED) is 0.705. The molecule has 2 aliphatic heterocycles. The molecule has 1 unspecified atom stereocenters. The molecule has 2 aliphatic rings. The second-order valence-corrected chi connectivity index (χ2v) is 11.8. The summed E-state index contributed by atoms with van der Waals surface area (Å²) in [5.74, 6) is 3.56. The van der Waals surface area contributed by atoms with Crippen LogP contribution in [0.1, 0.15) is 30.4 Å². The Morgan fingerprint density at radius 1 is 1.26 bits per heavy atom. The summed E-state index contributed by atoms with van der Waals surface area (Å²) in [7, 11) is -2.40. The lowest BCUT2D eigenvalue weighted by Gasteiger charge is -2.39. The van der Waals surface area contributed by atoms with Crippen LogP contribution in [0.25, 0.3) is 0 Å². The van der Waals surface area contributed by atoms with Gasteiger partial charge in [-0.3, -0.25) is 4.90 Å². The van der Waals surface area contributed by atoms with E-state index in [9.17, 15) is 9.00 Å². The van der Waals surface area contributed by atoms with Crippen molar-refractivity contribution in [3.8, 4) is 0 Å². The van der Waals surface area contributed by atoms with Crippen molar-refractivity contribution < 1.29 is 9.00 Å². The number of piperidine rings is 1. The van der Waals surface area contributed by atoms with E-state index in [1.807, 2.05) is 11.0 Å². The van der Waals surface area contributed by atoms with E-state index in [1.54, 1.807) is 6.20 Å². The Balaban J connectivity index is 1.32. The zero-order chi connectivity index (χ0) is 22.2. The molecule has 1 spiro atoms. The van der Waals surface area contributed by atoms with Gasteiger partial charge in [0.25, 0.3) is 0 Å². The Kier molecular flexibility index (Phi) is 6.07. The molecule has 2 aromatic rings. The number of carbonyl (C=O) groups excluding carboxylic acids is 1. The Morgan fingerprint density at radius 3 is 2.65 bits per heavy atom. The summed E-state index contributed by atoms with van der Waals surface area (Å²) in [5.41, 5.74) is 3.27. The van der Waals surface area contributed by atoms with Gasteiger partial charge in [0.2, 0.25) is 0 Å². The van der Waals surface area contributed by atoms with E-state index in [0.717, 1.165) is 50.6 Å². The minimum atomic E-state index is -2.40. The number of hydrogen-bond acceptors (Lipinski definition) is 4. The summed E-state index contributed by atoms with van der Waals surface area (Å²) in [5, 5.41) is 4.92. The van der Waals surface area contributed by atoms with Crippen LogP contribution >= 0.6 is 11.6 Å². The molecule has 4 rings (SSSR count). The SMILES string of the molecule is C=S(C)(=O)Nc1cnn(C(=O)N2CCC3(CCN(Cc4cc(C)cc(Cl)c4)C3)CC2)c1. The van der Waals surface area contributed by atoms with Gasteiger partial charge in [0, 0.05) is 47.2 Å². The predicted molar refractivity (Wildman–Crippen MR) is 127 cm³/mol. The summed E-state index contributed by atoms with van der Waals surface area (Å²) in [6.45, 7) is 6.59. The van der Waals surface area contributed by atoms with Crippen LogP contribution < -0.4 is 4.72 Å². The van der Waals surface area contributed by atoms with Crippen molar-refractivity contribution in [1.29, 1.82) is 0 Å². The van der Waals surface area contributed by atoms with Crippen LogP contribution in [0, 0.1) is 12.3 Å². The zero-order valence-electron chi connectivity index (χ0n) is 18.1.